The molecular weight excluding hydrogens is 285 g/mol. The van der Waals surface area contributed by atoms with E-state index in [2.05, 4.69) is 43.4 Å². The molecule has 0 saturated heterocycles. The Labute approximate surface area is 131 Å². The van der Waals surface area contributed by atoms with Crippen molar-refractivity contribution in [3.05, 3.63) is 70.5 Å². The van der Waals surface area contributed by atoms with Crippen molar-refractivity contribution in [1.29, 1.82) is 0 Å². The van der Waals surface area contributed by atoms with Gasteiger partial charge in [0.1, 0.15) is 5.82 Å². The lowest BCUT2D eigenvalue weighted by Gasteiger charge is -2.26. The van der Waals surface area contributed by atoms with Gasteiger partial charge in [-0.3, -0.25) is 0 Å². The monoisotopic (exact) mass is 305 g/mol. The maximum Gasteiger partial charge on any atom is 0.141 e. The highest BCUT2D eigenvalue weighted by molar-refractivity contribution is 6.30. The molecule has 0 atom stereocenters. The Morgan fingerprint density at radius 3 is 2.43 bits per heavy atom. The molecule has 112 valence electrons. The van der Waals surface area contributed by atoms with Crippen LogP contribution in [0.5, 0.6) is 0 Å². The Morgan fingerprint density at radius 1 is 1.05 bits per heavy atom. The second-order valence-corrected chi connectivity index (χ2v) is 6.38. The summed E-state index contributed by atoms with van der Waals surface area (Å²) >= 11 is 5.80. The van der Waals surface area contributed by atoms with Crippen LogP contribution in [-0.2, 0) is 13.0 Å². The number of halogens is 2. The van der Waals surface area contributed by atoms with Crippen LogP contribution in [0.15, 0.2) is 48.5 Å². The average molecular weight is 306 g/mol. The number of hydrogen-bond acceptors (Lipinski definition) is 1. The minimum absolute atomic E-state index is 0.0106. The summed E-state index contributed by atoms with van der Waals surface area (Å²) < 4.78 is 13.1. The third kappa shape index (κ3) is 5.14. The standard InChI is InChI=1S/C18H21ClFN/c1-18(2,11-10-14-6-4-3-5-7-14)21-13-15-8-9-17(20)16(19)12-15/h3-9,12,21H,10-11,13H2,1-2H3. The third-order valence-corrected chi connectivity index (χ3v) is 3.93. The summed E-state index contributed by atoms with van der Waals surface area (Å²) in [5, 5.41) is 3.69. The van der Waals surface area contributed by atoms with Gasteiger partial charge in [-0.05, 0) is 49.9 Å². The normalized spacial score (nSPS) is 11.6. The molecule has 0 amide bonds. The smallest absolute Gasteiger partial charge is 0.141 e. The number of rotatable bonds is 6. The van der Waals surface area contributed by atoms with Crippen LogP contribution < -0.4 is 5.32 Å². The summed E-state index contributed by atoms with van der Waals surface area (Å²) in [7, 11) is 0. The Hall–Kier alpha value is -1.38. The summed E-state index contributed by atoms with van der Waals surface area (Å²) in [6, 6.07) is 15.3. The van der Waals surface area contributed by atoms with E-state index < -0.39 is 0 Å². The largest absolute Gasteiger partial charge is 0.308 e. The van der Waals surface area contributed by atoms with E-state index in [0.29, 0.717) is 6.54 Å². The first-order chi connectivity index (χ1) is 9.96. The van der Waals surface area contributed by atoms with Crippen LogP contribution in [-0.4, -0.2) is 5.54 Å². The fourth-order valence-electron chi connectivity index (χ4n) is 2.18. The first kappa shape index (κ1) is 16.0. The van der Waals surface area contributed by atoms with E-state index in [0.717, 1.165) is 18.4 Å². The predicted octanol–water partition coefficient (Wildman–Crippen LogP) is 4.98. The molecule has 1 nitrogen and oxygen atoms in total. The van der Waals surface area contributed by atoms with Gasteiger partial charge in [0.15, 0.2) is 0 Å². The quantitative estimate of drug-likeness (QED) is 0.793. The van der Waals surface area contributed by atoms with E-state index in [1.807, 2.05) is 6.07 Å². The molecule has 0 bridgehead atoms. The van der Waals surface area contributed by atoms with Crippen molar-refractivity contribution in [2.24, 2.45) is 0 Å². The van der Waals surface area contributed by atoms with Crippen LogP contribution in [0.25, 0.3) is 0 Å². The maximum absolute atomic E-state index is 13.1. The molecule has 0 aliphatic carbocycles. The zero-order chi connectivity index (χ0) is 15.3. The summed E-state index contributed by atoms with van der Waals surface area (Å²) in [6.07, 6.45) is 2.07. The topological polar surface area (TPSA) is 12.0 Å². The second-order valence-electron chi connectivity index (χ2n) is 5.97. The van der Waals surface area contributed by atoms with Gasteiger partial charge in [-0.1, -0.05) is 48.0 Å². The van der Waals surface area contributed by atoms with Crippen molar-refractivity contribution >= 4 is 11.6 Å². The van der Waals surface area contributed by atoms with Gasteiger partial charge in [0.2, 0.25) is 0 Å². The minimum Gasteiger partial charge on any atom is -0.308 e. The summed E-state index contributed by atoms with van der Waals surface area (Å²) in [5.74, 6) is -0.372. The van der Waals surface area contributed by atoms with E-state index in [9.17, 15) is 4.39 Å². The van der Waals surface area contributed by atoms with Gasteiger partial charge in [-0.2, -0.15) is 0 Å². The SMILES string of the molecule is CC(C)(CCc1ccccc1)NCc1ccc(F)c(Cl)c1. The molecule has 0 spiro atoms. The molecular formula is C18H21ClFN. The summed E-state index contributed by atoms with van der Waals surface area (Å²) in [6.45, 7) is 5.05. The molecule has 0 unspecified atom stereocenters. The third-order valence-electron chi connectivity index (χ3n) is 3.64. The highest BCUT2D eigenvalue weighted by atomic mass is 35.5. The Bertz CT molecular complexity index is 581. The van der Waals surface area contributed by atoms with Crippen LogP contribution in [0, 0.1) is 5.82 Å². The van der Waals surface area contributed by atoms with Crippen molar-refractivity contribution in [2.75, 3.05) is 0 Å². The van der Waals surface area contributed by atoms with E-state index in [-0.39, 0.29) is 16.4 Å². The first-order valence-corrected chi connectivity index (χ1v) is 7.57. The predicted molar refractivity (Wildman–Crippen MR) is 87.1 cm³/mol. The summed E-state index contributed by atoms with van der Waals surface area (Å²) in [4.78, 5) is 0. The Kier molecular flexibility index (Phi) is 5.38. The molecule has 2 rings (SSSR count). The van der Waals surface area contributed by atoms with Gasteiger partial charge in [0.05, 0.1) is 5.02 Å². The van der Waals surface area contributed by atoms with Gasteiger partial charge in [0.25, 0.3) is 0 Å². The number of aryl methyl sites for hydroxylation is 1. The second kappa shape index (κ2) is 7.06. The highest BCUT2D eigenvalue weighted by Gasteiger charge is 2.16. The molecule has 0 aliphatic heterocycles. The van der Waals surface area contributed by atoms with Gasteiger partial charge < -0.3 is 5.32 Å². The molecule has 3 heteroatoms. The molecule has 21 heavy (non-hydrogen) atoms. The van der Waals surface area contributed by atoms with Crippen molar-refractivity contribution in [1.82, 2.24) is 5.32 Å². The molecule has 2 aromatic rings. The number of hydrogen-bond donors (Lipinski definition) is 1. The Morgan fingerprint density at radius 2 is 1.76 bits per heavy atom. The highest BCUT2D eigenvalue weighted by Crippen LogP contribution is 2.18. The fourth-order valence-corrected chi connectivity index (χ4v) is 2.38. The van der Waals surface area contributed by atoms with Crippen molar-refractivity contribution < 1.29 is 4.39 Å². The van der Waals surface area contributed by atoms with Crippen molar-refractivity contribution in [2.45, 2.75) is 38.8 Å². The maximum atomic E-state index is 13.1. The first-order valence-electron chi connectivity index (χ1n) is 7.19. The lowest BCUT2D eigenvalue weighted by molar-refractivity contribution is 0.360. The van der Waals surface area contributed by atoms with Crippen molar-refractivity contribution in [3.8, 4) is 0 Å². The number of benzene rings is 2. The minimum atomic E-state index is -0.372. The van der Waals surface area contributed by atoms with Crippen LogP contribution in [0.3, 0.4) is 0 Å². The molecule has 0 aromatic heterocycles. The average Bonchev–Trinajstić information content (AvgIpc) is 2.48. The van der Waals surface area contributed by atoms with Gasteiger partial charge >= 0.3 is 0 Å². The van der Waals surface area contributed by atoms with E-state index in [1.165, 1.54) is 11.6 Å². The molecule has 0 saturated carbocycles. The molecule has 2 aromatic carbocycles. The lowest BCUT2D eigenvalue weighted by Crippen LogP contribution is -2.39. The number of nitrogens with one attached hydrogen (secondary N) is 1. The lowest BCUT2D eigenvalue weighted by atomic mass is 9.95. The zero-order valence-corrected chi connectivity index (χ0v) is 13.3. The van der Waals surface area contributed by atoms with Crippen molar-refractivity contribution in [3.63, 3.8) is 0 Å². The molecule has 0 radical (unpaired) electrons. The van der Waals surface area contributed by atoms with Crippen LogP contribution >= 0.6 is 11.6 Å². The fraction of sp³-hybridized carbons (Fsp3) is 0.333. The molecule has 0 fully saturated rings. The zero-order valence-electron chi connectivity index (χ0n) is 12.5. The molecule has 0 aliphatic rings. The Balaban J connectivity index is 1.87. The molecule has 1 N–H and O–H groups in total. The van der Waals surface area contributed by atoms with Gasteiger partial charge in [-0.15, -0.1) is 0 Å². The summed E-state index contributed by atoms with van der Waals surface area (Å²) in [5.41, 5.74) is 2.35. The van der Waals surface area contributed by atoms with E-state index in [4.69, 9.17) is 11.6 Å². The van der Waals surface area contributed by atoms with Gasteiger partial charge in [0, 0.05) is 12.1 Å². The van der Waals surface area contributed by atoms with E-state index >= 15 is 0 Å². The van der Waals surface area contributed by atoms with Crippen LogP contribution in [0.1, 0.15) is 31.4 Å². The van der Waals surface area contributed by atoms with Gasteiger partial charge in [-0.25, -0.2) is 4.39 Å². The molecule has 0 heterocycles. The van der Waals surface area contributed by atoms with E-state index in [1.54, 1.807) is 12.1 Å². The van der Waals surface area contributed by atoms with Crippen LogP contribution in [0.2, 0.25) is 5.02 Å². The van der Waals surface area contributed by atoms with Crippen LogP contribution in [0.4, 0.5) is 4.39 Å².